The van der Waals surface area contributed by atoms with Crippen molar-refractivity contribution < 1.29 is 17.6 Å². The van der Waals surface area contributed by atoms with E-state index in [1.807, 2.05) is 11.0 Å². The van der Waals surface area contributed by atoms with Crippen LogP contribution in [0.25, 0.3) is 0 Å². The van der Waals surface area contributed by atoms with Crippen LogP contribution in [0.5, 0.6) is 0 Å². The van der Waals surface area contributed by atoms with Gasteiger partial charge >= 0.3 is 6.18 Å². The molecule has 0 amide bonds. The number of nitrogens with one attached hydrogen (secondary N) is 1. The summed E-state index contributed by atoms with van der Waals surface area (Å²) in [7, 11) is 0. The maximum absolute atomic E-state index is 13.7. The molecule has 3 nitrogen and oxygen atoms in total. The monoisotopic (exact) mass is 373 g/mol. The van der Waals surface area contributed by atoms with Crippen LogP contribution in [0, 0.1) is 17.1 Å². The molecule has 0 aromatic heterocycles. The molecule has 1 aliphatic rings. The van der Waals surface area contributed by atoms with Gasteiger partial charge in [0.1, 0.15) is 5.82 Å². The van der Waals surface area contributed by atoms with E-state index in [2.05, 4.69) is 5.32 Å². The summed E-state index contributed by atoms with van der Waals surface area (Å²) in [4.78, 5) is 1.99. The number of benzene rings is 1. The summed E-state index contributed by atoms with van der Waals surface area (Å²) in [5.41, 5.74) is -0.869. The SMILES string of the molecule is Cl.Cl.N#CC[C@H](c1ccc(C(F)(F)F)c(F)c1)N1CCNCC1. The number of piperazine rings is 1. The third kappa shape index (κ3) is 5.50. The van der Waals surface area contributed by atoms with Gasteiger partial charge in [0.05, 0.1) is 18.1 Å². The van der Waals surface area contributed by atoms with Gasteiger partial charge in [-0.25, -0.2) is 4.39 Å². The lowest BCUT2D eigenvalue weighted by molar-refractivity contribution is -0.140. The van der Waals surface area contributed by atoms with Crippen LogP contribution in [-0.2, 0) is 6.18 Å². The Bertz CT molecular complexity index is 540. The van der Waals surface area contributed by atoms with Crippen molar-refractivity contribution in [1.82, 2.24) is 10.2 Å². The molecule has 1 atom stereocenters. The highest BCUT2D eigenvalue weighted by molar-refractivity contribution is 5.85. The van der Waals surface area contributed by atoms with E-state index >= 15 is 0 Å². The predicted octanol–water partition coefficient (Wildman–Crippen LogP) is 3.55. The first-order valence-corrected chi connectivity index (χ1v) is 6.62. The molecule has 0 spiro atoms. The molecule has 0 bridgehead atoms. The first-order valence-electron chi connectivity index (χ1n) is 6.62. The first-order chi connectivity index (χ1) is 9.93. The van der Waals surface area contributed by atoms with E-state index in [9.17, 15) is 17.6 Å². The van der Waals surface area contributed by atoms with E-state index < -0.39 is 17.6 Å². The highest BCUT2D eigenvalue weighted by Crippen LogP contribution is 2.34. The van der Waals surface area contributed by atoms with Crippen molar-refractivity contribution in [3.63, 3.8) is 0 Å². The number of halogens is 6. The Labute approximate surface area is 144 Å². The zero-order valence-corrected chi connectivity index (χ0v) is 13.7. The molecule has 1 saturated heterocycles. The molecule has 1 N–H and O–H groups in total. The second kappa shape index (κ2) is 9.28. The Morgan fingerprint density at radius 1 is 1.22 bits per heavy atom. The molecule has 1 aromatic rings. The topological polar surface area (TPSA) is 39.1 Å². The molecule has 1 heterocycles. The summed E-state index contributed by atoms with van der Waals surface area (Å²) in [5, 5.41) is 12.1. The number of nitrogens with zero attached hydrogens (tertiary/aromatic N) is 2. The average Bonchev–Trinajstić information content (AvgIpc) is 2.44. The first kappa shape index (κ1) is 21.9. The minimum absolute atomic E-state index is 0. The van der Waals surface area contributed by atoms with E-state index in [-0.39, 0.29) is 37.3 Å². The Balaban J connectivity index is 0.00000242. The normalized spacial score (nSPS) is 16.7. The molecule has 1 aromatic carbocycles. The van der Waals surface area contributed by atoms with Crippen LogP contribution in [0.4, 0.5) is 17.6 Å². The lowest BCUT2D eigenvalue weighted by atomic mass is 9.99. The van der Waals surface area contributed by atoms with Gasteiger partial charge < -0.3 is 5.32 Å². The Kier molecular flexibility index (Phi) is 8.85. The second-order valence-electron chi connectivity index (χ2n) is 4.90. The zero-order valence-electron chi connectivity index (χ0n) is 12.1. The number of nitriles is 1. The Hall–Kier alpha value is -1.07. The van der Waals surface area contributed by atoms with Gasteiger partial charge in [0, 0.05) is 32.2 Å². The van der Waals surface area contributed by atoms with Crippen molar-refractivity contribution in [2.75, 3.05) is 26.2 Å². The molecule has 0 aliphatic carbocycles. The lowest BCUT2D eigenvalue weighted by Gasteiger charge is -2.34. The minimum atomic E-state index is -4.71. The molecule has 130 valence electrons. The van der Waals surface area contributed by atoms with Crippen LogP contribution < -0.4 is 5.32 Å². The number of rotatable bonds is 3. The molecule has 9 heteroatoms. The van der Waals surface area contributed by atoms with Crippen molar-refractivity contribution in [3.05, 3.63) is 35.1 Å². The van der Waals surface area contributed by atoms with Crippen LogP contribution in [0.2, 0.25) is 0 Å². The number of hydrogen-bond donors (Lipinski definition) is 1. The predicted molar refractivity (Wildman–Crippen MR) is 83.3 cm³/mol. The fourth-order valence-corrected chi connectivity index (χ4v) is 2.51. The van der Waals surface area contributed by atoms with Crippen molar-refractivity contribution in [2.24, 2.45) is 0 Å². The molecule has 2 rings (SSSR count). The number of hydrogen-bond acceptors (Lipinski definition) is 3. The zero-order chi connectivity index (χ0) is 15.5. The van der Waals surface area contributed by atoms with E-state index in [1.54, 1.807) is 0 Å². The highest BCUT2D eigenvalue weighted by Gasteiger charge is 2.34. The largest absolute Gasteiger partial charge is 0.419 e. The standard InChI is InChI=1S/C14H15F4N3.2ClH/c15-12-9-10(1-2-11(12)14(16,17)18)13(3-4-19)21-7-5-20-6-8-21;;/h1-2,9,13,20H,3,5-8H2;2*1H/t13-;;/m1../s1. The van der Waals surface area contributed by atoms with E-state index in [1.165, 1.54) is 6.07 Å². The quantitative estimate of drug-likeness (QED) is 0.823. The molecule has 1 aliphatic heterocycles. The van der Waals surface area contributed by atoms with Gasteiger partial charge in [0.25, 0.3) is 0 Å². The van der Waals surface area contributed by atoms with Crippen molar-refractivity contribution in [1.29, 1.82) is 5.26 Å². The molecule has 0 radical (unpaired) electrons. The Morgan fingerprint density at radius 3 is 2.30 bits per heavy atom. The van der Waals surface area contributed by atoms with E-state index in [4.69, 9.17) is 5.26 Å². The smallest absolute Gasteiger partial charge is 0.314 e. The summed E-state index contributed by atoms with van der Waals surface area (Å²) < 4.78 is 51.4. The van der Waals surface area contributed by atoms with Crippen molar-refractivity contribution >= 4 is 24.8 Å². The fourth-order valence-electron chi connectivity index (χ4n) is 2.51. The molecule has 23 heavy (non-hydrogen) atoms. The van der Waals surface area contributed by atoms with Crippen molar-refractivity contribution in [2.45, 2.75) is 18.6 Å². The summed E-state index contributed by atoms with van der Waals surface area (Å²) in [6.07, 6.45) is -4.59. The summed E-state index contributed by atoms with van der Waals surface area (Å²) >= 11 is 0. The maximum Gasteiger partial charge on any atom is 0.419 e. The van der Waals surface area contributed by atoms with Gasteiger partial charge in [0.2, 0.25) is 0 Å². The average molecular weight is 374 g/mol. The third-order valence-corrected chi connectivity index (χ3v) is 3.56. The summed E-state index contributed by atoms with van der Waals surface area (Å²) in [5.74, 6) is -1.29. The Morgan fingerprint density at radius 2 is 1.83 bits per heavy atom. The third-order valence-electron chi connectivity index (χ3n) is 3.56. The van der Waals surface area contributed by atoms with Gasteiger partial charge in [-0.15, -0.1) is 24.8 Å². The fraction of sp³-hybridized carbons (Fsp3) is 0.500. The number of alkyl halides is 3. The summed E-state index contributed by atoms with van der Waals surface area (Å²) in [6.45, 7) is 2.83. The highest BCUT2D eigenvalue weighted by atomic mass is 35.5. The van der Waals surface area contributed by atoms with Crippen LogP contribution >= 0.6 is 24.8 Å². The molecular formula is C14H17Cl2F4N3. The second-order valence-corrected chi connectivity index (χ2v) is 4.90. The van der Waals surface area contributed by atoms with E-state index in [0.29, 0.717) is 18.7 Å². The van der Waals surface area contributed by atoms with Crippen LogP contribution in [0.15, 0.2) is 18.2 Å². The maximum atomic E-state index is 13.7. The molecule has 0 unspecified atom stereocenters. The van der Waals surface area contributed by atoms with Gasteiger partial charge in [-0.1, -0.05) is 6.07 Å². The molecule has 1 fully saturated rings. The minimum Gasteiger partial charge on any atom is -0.314 e. The van der Waals surface area contributed by atoms with Crippen LogP contribution in [0.1, 0.15) is 23.6 Å². The van der Waals surface area contributed by atoms with Gasteiger partial charge in [-0.3, -0.25) is 4.90 Å². The van der Waals surface area contributed by atoms with Gasteiger partial charge in [-0.05, 0) is 17.7 Å². The van der Waals surface area contributed by atoms with Crippen molar-refractivity contribution in [3.8, 4) is 6.07 Å². The van der Waals surface area contributed by atoms with Crippen LogP contribution in [0.3, 0.4) is 0 Å². The molecule has 0 saturated carbocycles. The van der Waals surface area contributed by atoms with E-state index in [0.717, 1.165) is 25.2 Å². The van der Waals surface area contributed by atoms with Crippen LogP contribution in [-0.4, -0.2) is 31.1 Å². The van der Waals surface area contributed by atoms with Gasteiger partial charge in [-0.2, -0.15) is 18.4 Å². The summed E-state index contributed by atoms with van der Waals surface area (Å²) in [6, 6.07) is 4.54. The lowest BCUT2D eigenvalue weighted by Crippen LogP contribution is -2.45. The van der Waals surface area contributed by atoms with Gasteiger partial charge in [0.15, 0.2) is 0 Å². The molecular weight excluding hydrogens is 357 g/mol.